The Labute approximate surface area is 135 Å². The molecule has 1 aliphatic heterocycles. The van der Waals surface area contributed by atoms with Crippen molar-refractivity contribution < 1.29 is 14.3 Å². The van der Waals surface area contributed by atoms with Crippen LogP contribution in [0, 0.1) is 17.1 Å². The maximum Gasteiger partial charge on any atom is 0.223 e. The second-order valence-corrected chi connectivity index (χ2v) is 5.93. The molecule has 1 aromatic rings. The lowest BCUT2D eigenvalue weighted by Gasteiger charge is -2.25. The molecule has 1 N–H and O–H groups in total. The van der Waals surface area contributed by atoms with Crippen molar-refractivity contribution in [2.45, 2.75) is 31.4 Å². The molecule has 0 bridgehead atoms. The van der Waals surface area contributed by atoms with Gasteiger partial charge in [0.25, 0.3) is 0 Å². The number of carbonyl (C=O) groups is 1. The van der Waals surface area contributed by atoms with E-state index < -0.39 is 6.10 Å². The van der Waals surface area contributed by atoms with Crippen LogP contribution >= 0.6 is 0 Å². The van der Waals surface area contributed by atoms with Crippen LogP contribution in [-0.2, 0) is 4.79 Å². The van der Waals surface area contributed by atoms with Gasteiger partial charge in [0.05, 0.1) is 18.6 Å². The molecule has 1 amide bonds. The van der Waals surface area contributed by atoms with Gasteiger partial charge >= 0.3 is 0 Å². The molecule has 0 aromatic heterocycles. The SMILES string of the molecule is CN(CCC#N)C(=O)CCN1C[C@@H](O)C[C@@H]1c1cccc(F)c1. The molecule has 23 heavy (non-hydrogen) atoms. The molecule has 0 unspecified atom stereocenters. The minimum atomic E-state index is -0.463. The zero-order valence-electron chi connectivity index (χ0n) is 13.3. The number of halogens is 1. The Bertz CT molecular complexity index is 587. The monoisotopic (exact) mass is 319 g/mol. The molecule has 2 atom stereocenters. The third-order valence-electron chi connectivity index (χ3n) is 4.21. The van der Waals surface area contributed by atoms with Crippen LogP contribution in [0.1, 0.15) is 30.9 Å². The Morgan fingerprint density at radius 3 is 3.04 bits per heavy atom. The van der Waals surface area contributed by atoms with E-state index in [0.717, 1.165) is 5.56 Å². The van der Waals surface area contributed by atoms with Crippen LogP contribution in [0.3, 0.4) is 0 Å². The summed E-state index contributed by atoms with van der Waals surface area (Å²) in [6, 6.07) is 8.33. The largest absolute Gasteiger partial charge is 0.392 e. The average Bonchev–Trinajstić information content (AvgIpc) is 2.91. The summed E-state index contributed by atoms with van der Waals surface area (Å²) in [5.41, 5.74) is 0.826. The summed E-state index contributed by atoms with van der Waals surface area (Å²) in [5, 5.41) is 18.5. The summed E-state index contributed by atoms with van der Waals surface area (Å²) >= 11 is 0. The van der Waals surface area contributed by atoms with Crippen molar-refractivity contribution in [3.8, 4) is 6.07 Å². The molecule has 2 rings (SSSR count). The number of amides is 1. The van der Waals surface area contributed by atoms with E-state index in [1.54, 1.807) is 18.0 Å². The van der Waals surface area contributed by atoms with Gasteiger partial charge in [-0.05, 0) is 24.1 Å². The van der Waals surface area contributed by atoms with Crippen LogP contribution in [0.2, 0.25) is 0 Å². The summed E-state index contributed by atoms with van der Waals surface area (Å²) in [4.78, 5) is 15.6. The normalized spacial score (nSPS) is 21.1. The van der Waals surface area contributed by atoms with E-state index in [1.165, 1.54) is 12.1 Å². The molecule has 124 valence electrons. The fourth-order valence-corrected chi connectivity index (χ4v) is 2.96. The lowest BCUT2D eigenvalue weighted by atomic mass is 10.0. The topological polar surface area (TPSA) is 67.6 Å². The van der Waals surface area contributed by atoms with Crippen molar-refractivity contribution >= 4 is 5.91 Å². The molecule has 6 heteroatoms. The van der Waals surface area contributed by atoms with Gasteiger partial charge in [0, 0.05) is 39.1 Å². The lowest BCUT2D eigenvalue weighted by molar-refractivity contribution is -0.130. The molecule has 0 saturated carbocycles. The third-order valence-corrected chi connectivity index (χ3v) is 4.21. The highest BCUT2D eigenvalue weighted by molar-refractivity contribution is 5.76. The summed E-state index contributed by atoms with van der Waals surface area (Å²) in [6.07, 6.45) is 0.716. The number of benzene rings is 1. The molecule has 1 aromatic carbocycles. The van der Waals surface area contributed by atoms with Crippen molar-refractivity contribution in [2.75, 3.05) is 26.7 Å². The number of nitriles is 1. The van der Waals surface area contributed by atoms with Gasteiger partial charge in [-0.3, -0.25) is 9.69 Å². The molecule has 1 heterocycles. The van der Waals surface area contributed by atoms with Crippen LogP contribution < -0.4 is 0 Å². The number of carbonyl (C=O) groups excluding carboxylic acids is 1. The van der Waals surface area contributed by atoms with Crippen molar-refractivity contribution in [2.24, 2.45) is 0 Å². The van der Waals surface area contributed by atoms with Gasteiger partial charge in [-0.25, -0.2) is 4.39 Å². The van der Waals surface area contributed by atoms with E-state index in [4.69, 9.17) is 5.26 Å². The fourth-order valence-electron chi connectivity index (χ4n) is 2.96. The van der Waals surface area contributed by atoms with Crippen molar-refractivity contribution in [1.82, 2.24) is 9.80 Å². The Hall–Kier alpha value is -1.97. The van der Waals surface area contributed by atoms with Crippen molar-refractivity contribution in [3.63, 3.8) is 0 Å². The van der Waals surface area contributed by atoms with Gasteiger partial charge in [0.1, 0.15) is 5.82 Å². The second-order valence-electron chi connectivity index (χ2n) is 5.93. The molecule has 1 saturated heterocycles. The Kier molecular flexibility index (Phi) is 6.08. The number of aliphatic hydroxyl groups excluding tert-OH is 1. The van der Waals surface area contributed by atoms with E-state index >= 15 is 0 Å². The van der Waals surface area contributed by atoms with Crippen LogP contribution in [0.4, 0.5) is 4.39 Å². The minimum absolute atomic E-state index is 0.0281. The zero-order chi connectivity index (χ0) is 16.8. The Morgan fingerprint density at radius 2 is 2.35 bits per heavy atom. The zero-order valence-corrected chi connectivity index (χ0v) is 13.3. The maximum atomic E-state index is 13.4. The fraction of sp³-hybridized carbons (Fsp3) is 0.529. The smallest absolute Gasteiger partial charge is 0.223 e. The molecule has 1 fully saturated rings. The van der Waals surface area contributed by atoms with E-state index in [9.17, 15) is 14.3 Å². The maximum absolute atomic E-state index is 13.4. The highest BCUT2D eigenvalue weighted by Crippen LogP contribution is 2.32. The predicted molar refractivity (Wildman–Crippen MR) is 83.8 cm³/mol. The lowest BCUT2D eigenvalue weighted by Crippen LogP contribution is -2.33. The quantitative estimate of drug-likeness (QED) is 0.866. The number of likely N-dealkylation sites (tertiary alicyclic amines) is 1. The number of aliphatic hydroxyl groups is 1. The van der Waals surface area contributed by atoms with Crippen LogP contribution in [-0.4, -0.2) is 53.6 Å². The first-order chi connectivity index (χ1) is 11.0. The van der Waals surface area contributed by atoms with Gasteiger partial charge in [0.15, 0.2) is 0 Å². The van der Waals surface area contributed by atoms with E-state index in [1.807, 2.05) is 17.0 Å². The second kappa shape index (κ2) is 8.04. The van der Waals surface area contributed by atoms with Gasteiger partial charge in [-0.2, -0.15) is 5.26 Å². The van der Waals surface area contributed by atoms with Crippen LogP contribution in [0.15, 0.2) is 24.3 Å². The van der Waals surface area contributed by atoms with Gasteiger partial charge in [-0.15, -0.1) is 0 Å². The molecule has 0 spiro atoms. The van der Waals surface area contributed by atoms with Gasteiger partial charge in [0.2, 0.25) is 5.91 Å². The van der Waals surface area contributed by atoms with Crippen molar-refractivity contribution in [1.29, 1.82) is 5.26 Å². The summed E-state index contributed by atoms with van der Waals surface area (Å²) in [6.45, 7) is 1.41. The van der Waals surface area contributed by atoms with Crippen molar-refractivity contribution in [3.05, 3.63) is 35.6 Å². The predicted octanol–water partition coefficient (Wildman–Crippen LogP) is 1.70. The molecule has 5 nitrogen and oxygen atoms in total. The first-order valence-electron chi connectivity index (χ1n) is 7.79. The standard InChI is InChI=1S/C17H22FN3O2/c1-20(8-3-7-19)17(23)6-9-21-12-15(22)11-16(21)13-4-2-5-14(18)10-13/h2,4-5,10,15-16,22H,3,6,8-9,11-12H2,1H3/t15-,16+/m0/s1. The molecular formula is C17H22FN3O2. The number of rotatable bonds is 6. The summed E-state index contributed by atoms with van der Waals surface area (Å²) in [5.74, 6) is -0.323. The van der Waals surface area contributed by atoms with Gasteiger partial charge in [-0.1, -0.05) is 12.1 Å². The minimum Gasteiger partial charge on any atom is -0.392 e. The number of nitrogens with zero attached hydrogens (tertiary/aromatic N) is 3. The molecule has 0 radical (unpaired) electrons. The van der Waals surface area contributed by atoms with Crippen LogP contribution in [0.5, 0.6) is 0 Å². The van der Waals surface area contributed by atoms with Crippen LogP contribution in [0.25, 0.3) is 0 Å². The number of hydrogen-bond acceptors (Lipinski definition) is 4. The summed E-state index contributed by atoms with van der Waals surface area (Å²) < 4.78 is 13.4. The highest BCUT2D eigenvalue weighted by atomic mass is 19.1. The first-order valence-corrected chi connectivity index (χ1v) is 7.79. The highest BCUT2D eigenvalue weighted by Gasteiger charge is 2.32. The summed E-state index contributed by atoms with van der Waals surface area (Å²) in [7, 11) is 1.68. The molecule has 0 aliphatic carbocycles. The van der Waals surface area contributed by atoms with Gasteiger partial charge < -0.3 is 10.0 Å². The van der Waals surface area contributed by atoms with E-state index in [0.29, 0.717) is 38.9 Å². The first kappa shape index (κ1) is 17.4. The molecular weight excluding hydrogens is 297 g/mol. The average molecular weight is 319 g/mol. The Morgan fingerprint density at radius 1 is 1.57 bits per heavy atom. The Balaban J connectivity index is 1.95. The molecule has 1 aliphatic rings. The van der Waals surface area contributed by atoms with E-state index in [-0.39, 0.29) is 17.8 Å². The van der Waals surface area contributed by atoms with E-state index in [2.05, 4.69) is 0 Å². The number of β-amino-alcohol motifs (C(OH)–C–C–N with tert-alkyl or cyclic N) is 1. The third kappa shape index (κ3) is 4.75. The number of hydrogen-bond donors (Lipinski definition) is 1.